The maximum Gasteiger partial charge on any atom is 0.433 e. The topological polar surface area (TPSA) is 84.3 Å². The molecule has 1 aliphatic carbocycles. The Labute approximate surface area is 220 Å². The molecule has 1 aromatic carbocycles. The molecule has 3 aromatic heterocycles. The number of hydrogen-bond donors (Lipinski definition) is 2. The predicted molar refractivity (Wildman–Crippen MR) is 140 cm³/mol. The average Bonchev–Trinajstić information content (AvgIpc) is 3.53. The maximum absolute atomic E-state index is 13.9. The molecule has 0 amide bonds. The molecule has 5 rings (SSSR count). The number of fused-ring (bicyclic) bond motifs is 1. The van der Waals surface area contributed by atoms with Crippen LogP contribution in [0.25, 0.3) is 22.2 Å². The third kappa shape index (κ3) is 5.18. The van der Waals surface area contributed by atoms with Crippen molar-refractivity contribution in [1.82, 2.24) is 35.3 Å². The standard InChI is InChI=1S/C28H34F3N7/c1-4-13-32-17(2)24-26-21(15-22(34-24)28(29,30)31)25(35-36-26)20-12-8-11-19(14-20)23(18-9-6-5-7-10-18)27-37-33-16-38(27)3/h8,11-12,14-18,23,32H,4-7,9-10,13H2,1-3H3,(H,35,36). The lowest BCUT2D eigenvalue weighted by Crippen LogP contribution is -2.22. The van der Waals surface area contributed by atoms with Gasteiger partial charge in [-0.25, -0.2) is 4.98 Å². The highest BCUT2D eigenvalue weighted by atomic mass is 19.4. The predicted octanol–water partition coefficient (Wildman–Crippen LogP) is 6.55. The average molecular weight is 526 g/mol. The number of aromatic nitrogens is 6. The lowest BCUT2D eigenvalue weighted by atomic mass is 9.76. The third-order valence-corrected chi connectivity index (χ3v) is 7.65. The summed E-state index contributed by atoms with van der Waals surface area (Å²) in [5, 5.41) is 19.8. The van der Waals surface area contributed by atoms with Crippen molar-refractivity contribution in [1.29, 1.82) is 0 Å². The molecule has 1 aliphatic rings. The molecular formula is C28H34F3N7. The number of benzene rings is 1. The number of hydrogen-bond acceptors (Lipinski definition) is 5. The molecule has 1 saturated carbocycles. The molecule has 0 spiro atoms. The SMILES string of the molecule is CCCNC(C)c1nc(C(F)(F)F)cc2c(-c3cccc(C(c4nncn4C)C4CCCCC4)c3)n[nH]c12. The summed E-state index contributed by atoms with van der Waals surface area (Å²) < 4.78 is 43.6. The first-order valence-electron chi connectivity index (χ1n) is 13.4. The van der Waals surface area contributed by atoms with Gasteiger partial charge in [0.15, 0.2) is 0 Å². The fourth-order valence-corrected chi connectivity index (χ4v) is 5.73. The molecule has 4 aromatic rings. The van der Waals surface area contributed by atoms with E-state index in [2.05, 4.69) is 42.8 Å². The van der Waals surface area contributed by atoms with Gasteiger partial charge < -0.3 is 9.88 Å². The number of halogens is 3. The van der Waals surface area contributed by atoms with Gasteiger partial charge in [-0.05, 0) is 56.3 Å². The van der Waals surface area contributed by atoms with Gasteiger partial charge in [0, 0.05) is 30.0 Å². The minimum atomic E-state index is -4.57. The summed E-state index contributed by atoms with van der Waals surface area (Å²) in [6.45, 7) is 4.51. The van der Waals surface area contributed by atoms with Crippen LogP contribution in [0.2, 0.25) is 0 Å². The van der Waals surface area contributed by atoms with Crippen LogP contribution in [0.15, 0.2) is 36.7 Å². The number of rotatable bonds is 8. The highest BCUT2D eigenvalue weighted by molar-refractivity contribution is 5.94. The Bertz CT molecular complexity index is 1380. The van der Waals surface area contributed by atoms with E-state index in [1.54, 1.807) is 6.33 Å². The molecule has 2 unspecified atom stereocenters. The lowest BCUT2D eigenvalue weighted by Gasteiger charge is -2.30. The van der Waals surface area contributed by atoms with E-state index in [4.69, 9.17) is 0 Å². The molecule has 10 heteroatoms. The van der Waals surface area contributed by atoms with Gasteiger partial charge in [0.2, 0.25) is 0 Å². The van der Waals surface area contributed by atoms with Crippen LogP contribution in [0.4, 0.5) is 13.2 Å². The molecular weight excluding hydrogens is 491 g/mol. The van der Waals surface area contributed by atoms with Crippen molar-refractivity contribution in [2.75, 3.05) is 6.54 Å². The van der Waals surface area contributed by atoms with Gasteiger partial charge in [-0.1, -0.05) is 44.4 Å². The fourth-order valence-electron chi connectivity index (χ4n) is 5.73. The van der Waals surface area contributed by atoms with Crippen LogP contribution in [0.1, 0.15) is 87.1 Å². The van der Waals surface area contributed by atoms with E-state index in [-0.39, 0.29) is 12.0 Å². The number of alkyl halides is 3. The highest BCUT2D eigenvalue weighted by Gasteiger charge is 2.35. The number of pyridine rings is 1. The zero-order valence-electron chi connectivity index (χ0n) is 22.0. The molecule has 38 heavy (non-hydrogen) atoms. The van der Waals surface area contributed by atoms with Crippen molar-refractivity contribution in [2.24, 2.45) is 13.0 Å². The van der Waals surface area contributed by atoms with Crippen molar-refractivity contribution in [3.8, 4) is 11.3 Å². The minimum absolute atomic E-state index is 0.0502. The molecule has 0 aliphatic heterocycles. The molecule has 202 valence electrons. The maximum atomic E-state index is 13.9. The second-order valence-electron chi connectivity index (χ2n) is 10.4. The van der Waals surface area contributed by atoms with E-state index in [0.717, 1.165) is 42.3 Å². The molecule has 2 N–H and O–H groups in total. The zero-order valence-corrected chi connectivity index (χ0v) is 22.0. The highest BCUT2D eigenvalue weighted by Crippen LogP contribution is 2.41. The second kappa shape index (κ2) is 10.8. The first-order chi connectivity index (χ1) is 18.3. The van der Waals surface area contributed by atoms with Crippen molar-refractivity contribution in [2.45, 2.75) is 70.5 Å². The van der Waals surface area contributed by atoms with Crippen LogP contribution in [0.3, 0.4) is 0 Å². The second-order valence-corrected chi connectivity index (χ2v) is 10.4. The summed E-state index contributed by atoms with van der Waals surface area (Å²) in [7, 11) is 1.96. The Morgan fingerprint density at radius 2 is 1.95 bits per heavy atom. The summed E-state index contributed by atoms with van der Waals surface area (Å²) in [6, 6.07) is 8.73. The van der Waals surface area contributed by atoms with Crippen LogP contribution in [0, 0.1) is 5.92 Å². The third-order valence-electron chi connectivity index (χ3n) is 7.65. The summed E-state index contributed by atoms with van der Waals surface area (Å²) in [5.74, 6) is 1.38. The number of nitrogens with one attached hydrogen (secondary N) is 2. The minimum Gasteiger partial charge on any atom is -0.320 e. The van der Waals surface area contributed by atoms with E-state index in [9.17, 15) is 13.2 Å². The Kier molecular flexibility index (Phi) is 7.52. The summed E-state index contributed by atoms with van der Waals surface area (Å²) in [4.78, 5) is 4.01. The van der Waals surface area contributed by atoms with E-state index in [0.29, 0.717) is 34.8 Å². The molecule has 2 atom stereocenters. The van der Waals surface area contributed by atoms with Crippen LogP contribution in [-0.2, 0) is 13.2 Å². The first-order valence-corrected chi connectivity index (χ1v) is 13.4. The zero-order chi connectivity index (χ0) is 26.9. The van der Waals surface area contributed by atoms with E-state index < -0.39 is 11.9 Å². The number of aromatic amines is 1. The smallest absolute Gasteiger partial charge is 0.320 e. The van der Waals surface area contributed by atoms with Crippen LogP contribution >= 0.6 is 0 Å². The van der Waals surface area contributed by atoms with Gasteiger partial charge in [0.25, 0.3) is 0 Å². The van der Waals surface area contributed by atoms with Crippen molar-refractivity contribution >= 4 is 10.9 Å². The van der Waals surface area contributed by atoms with Gasteiger partial charge in [-0.3, -0.25) is 5.10 Å². The summed E-state index contributed by atoms with van der Waals surface area (Å²) >= 11 is 0. The summed E-state index contributed by atoms with van der Waals surface area (Å²) in [6.07, 6.45) is 3.84. The van der Waals surface area contributed by atoms with Crippen LogP contribution in [-0.4, -0.2) is 36.5 Å². The van der Waals surface area contributed by atoms with Gasteiger partial charge in [0.05, 0.1) is 11.2 Å². The Hall–Kier alpha value is -3.27. The van der Waals surface area contributed by atoms with Crippen LogP contribution in [0.5, 0.6) is 0 Å². The largest absolute Gasteiger partial charge is 0.433 e. The van der Waals surface area contributed by atoms with Gasteiger partial charge in [-0.2, -0.15) is 18.3 Å². The Morgan fingerprint density at radius 3 is 2.63 bits per heavy atom. The number of aryl methyl sites for hydroxylation is 1. The fraction of sp³-hybridized carbons (Fsp3) is 0.500. The van der Waals surface area contributed by atoms with Crippen LogP contribution < -0.4 is 5.32 Å². The summed E-state index contributed by atoms with van der Waals surface area (Å²) in [5.41, 5.74) is 2.24. The molecule has 1 fully saturated rings. The van der Waals surface area contributed by atoms with Crippen molar-refractivity contribution in [3.63, 3.8) is 0 Å². The normalized spacial score (nSPS) is 16.7. The van der Waals surface area contributed by atoms with Gasteiger partial charge in [0.1, 0.15) is 23.5 Å². The van der Waals surface area contributed by atoms with E-state index in [1.807, 2.05) is 37.6 Å². The van der Waals surface area contributed by atoms with E-state index >= 15 is 0 Å². The quantitative estimate of drug-likeness (QED) is 0.273. The van der Waals surface area contributed by atoms with Gasteiger partial charge >= 0.3 is 6.18 Å². The number of H-pyrrole nitrogens is 1. The molecule has 3 heterocycles. The molecule has 0 radical (unpaired) electrons. The van der Waals surface area contributed by atoms with Crippen molar-refractivity contribution < 1.29 is 13.2 Å². The van der Waals surface area contributed by atoms with Gasteiger partial charge in [-0.15, -0.1) is 10.2 Å². The molecule has 7 nitrogen and oxygen atoms in total. The van der Waals surface area contributed by atoms with Crippen molar-refractivity contribution in [3.05, 3.63) is 59.4 Å². The van der Waals surface area contributed by atoms with E-state index in [1.165, 1.54) is 19.3 Å². The molecule has 0 saturated heterocycles. The Morgan fingerprint density at radius 1 is 1.16 bits per heavy atom. The Balaban J connectivity index is 1.62. The lowest BCUT2D eigenvalue weighted by molar-refractivity contribution is -0.141. The monoisotopic (exact) mass is 525 g/mol. The number of nitrogens with zero attached hydrogens (tertiary/aromatic N) is 5. The molecule has 0 bridgehead atoms. The first kappa shape index (κ1) is 26.3.